The van der Waals surface area contributed by atoms with Crippen molar-refractivity contribution in [2.75, 3.05) is 0 Å². The van der Waals surface area contributed by atoms with Gasteiger partial charge in [-0.1, -0.05) is 17.8 Å². The summed E-state index contributed by atoms with van der Waals surface area (Å²) in [6.45, 7) is 2.98. The van der Waals surface area contributed by atoms with Gasteiger partial charge in [0.1, 0.15) is 11.5 Å². The molecule has 0 aliphatic heterocycles. The molecule has 7 heteroatoms. The van der Waals surface area contributed by atoms with E-state index < -0.39 is 0 Å². The van der Waals surface area contributed by atoms with Crippen LogP contribution in [0, 0.1) is 0 Å². The van der Waals surface area contributed by atoms with Crippen LogP contribution in [-0.2, 0) is 12.3 Å². The molecule has 1 aliphatic rings. The zero-order chi connectivity index (χ0) is 15.8. The minimum absolute atomic E-state index is 0.0539. The molecule has 0 spiro atoms. The molecule has 0 atom stereocenters. The van der Waals surface area contributed by atoms with Crippen LogP contribution < -0.4 is 5.56 Å². The SMILES string of the molecule is CCn1c(SCc2cc(=O)n3ccccc3n2)nnc1C1CC1. The maximum atomic E-state index is 12.1. The highest BCUT2D eigenvalue weighted by Crippen LogP contribution is 2.40. The fourth-order valence-electron chi connectivity index (χ4n) is 2.66. The Balaban J connectivity index is 1.58. The third-order valence-corrected chi connectivity index (χ3v) is 4.98. The second kappa shape index (κ2) is 5.81. The molecule has 0 aromatic carbocycles. The van der Waals surface area contributed by atoms with Crippen molar-refractivity contribution in [3.63, 3.8) is 0 Å². The topological polar surface area (TPSA) is 65.1 Å². The number of hydrogen-bond donors (Lipinski definition) is 0. The fraction of sp³-hybridized carbons (Fsp3) is 0.375. The van der Waals surface area contributed by atoms with E-state index in [9.17, 15) is 4.79 Å². The number of thioether (sulfide) groups is 1. The van der Waals surface area contributed by atoms with Crippen molar-refractivity contribution in [1.82, 2.24) is 24.1 Å². The summed E-state index contributed by atoms with van der Waals surface area (Å²) in [5.74, 6) is 2.30. The van der Waals surface area contributed by atoms with Gasteiger partial charge in [-0.25, -0.2) is 4.98 Å². The second-order valence-corrected chi connectivity index (χ2v) is 6.61. The molecule has 0 saturated heterocycles. The van der Waals surface area contributed by atoms with E-state index in [0.717, 1.165) is 23.2 Å². The zero-order valence-corrected chi connectivity index (χ0v) is 13.7. The van der Waals surface area contributed by atoms with Crippen LogP contribution in [0.4, 0.5) is 0 Å². The molecule has 0 unspecified atom stereocenters. The van der Waals surface area contributed by atoms with Crippen LogP contribution in [0.5, 0.6) is 0 Å². The molecule has 118 valence electrons. The van der Waals surface area contributed by atoms with Crippen molar-refractivity contribution in [3.05, 3.63) is 52.3 Å². The largest absolute Gasteiger partial charge is 0.306 e. The lowest BCUT2D eigenvalue weighted by Crippen LogP contribution is -2.14. The van der Waals surface area contributed by atoms with E-state index in [-0.39, 0.29) is 5.56 Å². The fourth-order valence-corrected chi connectivity index (χ4v) is 3.56. The summed E-state index contributed by atoms with van der Waals surface area (Å²) in [5, 5.41) is 9.55. The van der Waals surface area contributed by atoms with Gasteiger partial charge in [0.05, 0.1) is 5.69 Å². The maximum absolute atomic E-state index is 12.1. The van der Waals surface area contributed by atoms with Gasteiger partial charge < -0.3 is 4.57 Å². The van der Waals surface area contributed by atoms with Gasteiger partial charge >= 0.3 is 0 Å². The summed E-state index contributed by atoms with van der Waals surface area (Å²) in [6.07, 6.45) is 4.16. The van der Waals surface area contributed by atoms with Crippen LogP contribution >= 0.6 is 11.8 Å². The Morgan fingerprint density at radius 1 is 1.30 bits per heavy atom. The molecule has 3 heterocycles. The maximum Gasteiger partial charge on any atom is 0.258 e. The number of aromatic nitrogens is 5. The van der Waals surface area contributed by atoms with Gasteiger partial charge in [0.2, 0.25) is 0 Å². The Hall–Kier alpha value is -2.15. The van der Waals surface area contributed by atoms with Crippen molar-refractivity contribution in [2.45, 2.75) is 43.1 Å². The Morgan fingerprint density at radius 2 is 2.17 bits per heavy atom. The molecule has 0 bridgehead atoms. The van der Waals surface area contributed by atoms with Crippen molar-refractivity contribution in [3.8, 4) is 0 Å². The normalized spacial score (nSPS) is 14.5. The summed E-state index contributed by atoms with van der Waals surface area (Å²) in [4.78, 5) is 16.7. The third kappa shape index (κ3) is 2.76. The van der Waals surface area contributed by atoms with E-state index in [1.54, 1.807) is 28.4 Å². The van der Waals surface area contributed by atoms with Crippen LogP contribution in [0.1, 0.15) is 37.2 Å². The smallest absolute Gasteiger partial charge is 0.258 e. The standard InChI is InChI=1S/C16H17N5OS/c1-2-20-15(11-6-7-11)18-19-16(20)23-10-12-9-14(22)21-8-4-3-5-13(21)17-12/h3-5,8-9,11H,2,6-7,10H2,1H3. The first-order valence-corrected chi connectivity index (χ1v) is 8.78. The highest BCUT2D eigenvalue weighted by Gasteiger charge is 2.29. The predicted octanol–water partition coefficient (Wildman–Crippen LogP) is 2.48. The Labute approximate surface area is 137 Å². The first-order chi connectivity index (χ1) is 11.3. The van der Waals surface area contributed by atoms with Gasteiger partial charge in [-0.2, -0.15) is 0 Å². The first-order valence-electron chi connectivity index (χ1n) is 7.79. The molecule has 0 radical (unpaired) electrons. The zero-order valence-electron chi connectivity index (χ0n) is 12.8. The molecule has 4 rings (SSSR count). The van der Waals surface area contributed by atoms with Crippen LogP contribution in [0.25, 0.3) is 5.65 Å². The Morgan fingerprint density at radius 3 is 2.96 bits per heavy atom. The lowest BCUT2D eigenvalue weighted by molar-refractivity contribution is 0.643. The van der Waals surface area contributed by atoms with Gasteiger partial charge in [0.25, 0.3) is 5.56 Å². The van der Waals surface area contributed by atoms with Crippen molar-refractivity contribution in [1.29, 1.82) is 0 Å². The molecule has 0 amide bonds. The van der Waals surface area contributed by atoms with E-state index in [4.69, 9.17) is 0 Å². The summed E-state index contributed by atoms with van der Waals surface area (Å²) in [7, 11) is 0. The summed E-state index contributed by atoms with van der Waals surface area (Å²) < 4.78 is 3.73. The van der Waals surface area contributed by atoms with E-state index >= 15 is 0 Å². The molecule has 6 nitrogen and oxygen atoms in total. The Kier molecular flexibility index (Phi) is 3.65. The summed E-state index contributed by atoms with van der Waals surface area (Å²) >= 11 is 1.59. The second-order valence-electron chi connectivity index (χ2n) is 5.66. The monoisotopic (exact) mass is 327 g/mol. The average molecular weight is 327 g/mol. The van der Waals surface area contributed by atoms with Crippen molar-refractivity contribution >= 4 is 17.4 Å². The molecule has 1 saturated carbocycles. The van der Waals surface area contributed by atoms with Crippen molar-refractivity contribution < 1.29 is 0 Å². The van der Waals surface area contributed by atoms with Crippen LogP contribution in [-0.4, -0.2) is 24.1 Å². The van der Waals surface area contributed by atoms with E-state index in [2.05, 4.69) is 26.7 Å². The number of nitrogens with zero attached hydrogens (tertiary/aromatic N) is 5. The summed E-state index contributed by atoms with van der Waals surface area (Å²) in [5.41, 5.74) is 1.39. The lowest BCUT2D eigenvalue weighted by atomic mass is 10.4. The van der Waals surface area contributed by atoms with E-state index in [1.807, 2.05) is 18.2 Å². The average Bonchev–Trinajstić information content (AvgIpc) is 3.33. The van der Waals surface area contributed by atoms with Crippen LogP contribution in [0.3, 0.4) is 0 Å². The molecular formula is C16H17N5OS. The van der Waals surface area contributed by atoms with Crippen LogP contribution in [0.15, 0.2) is 40.4 Å². The highest BCUT2D eigenvalue weighted by atomic mass is 32.2. The quantitative estimate of drug-likeness (QED) is 0.674. The number of rotatable bonds is 5. The number of hydrogen-bond acceptors (Lipinski definition) is 5. The van der Waals surface area contributed by atoms with Gasteiger partial charge in [-0.3, -0.25) is 9.20 Å². The molecule has 1 fully saturated rings. The number of pyridine rings is 1. The predicted molar refractivity (Wildman–Crippen MR) is 88.7 cm³/mol. The first kappa shape index (κ1) is 14.4. The summed E-state index contributed by atoms with van der Waals surface area (Å²) in [6, 6.07) is 7.14. The minimum Gasteiger partial charge on any atom is -0.306 e. The van der Waals surface area contributed by atoms with Crippen molar-refractivity contribution in [2.24, 2.45) is 0 Å². The molecule has 1 aliphatic carbocycles. The third-order valence-electron chi connectivity index (χ3n) is 3.98. The van der Waals surface area contributed by atoms with Gasteiger partial charge in [0, 0.05) is 30.5 Å². The molecule has 3 aromatic rings. The highest BCUT2D eigenvalue weighted by molar-refractivity contribution is 7.98. The van der Waals surface area contributed by atoms with Gasteiger partial charge in [-0.05, 0) is 31.9 Å². The minimum atomic E-state index is -0.0539. The van der Waals surface area contributed by atoms with Crippen LogP contribution in [0.2, 0.25) is 0 Å². The lowest BCUT2D eigenvalue weighted by Gasteiger charge is -2.06. The van der Waals surface area contributed by atoms with E-state index in [0.29, 0.717) is 17.3 Å². The molecule has 3 aromatic heterocycles. The number of fused-ring (bicyclic) bond motifs is 1. The van der Waals surface area contributed by atoms with E-state index in [1.165, 1.54) is 12.8 Å². The molecule has 0 N–H and O–H groups in total. The molecular weight excluding hydrogens is 310 g/mol. The molecule has 23 heavy (non-hydrogen) atoms. The van der Waals surface area contributed by atoms with Gasteiger partial charge in [-0.15, -0.1) is 10.2 Å². The Bertz CT molecular complexity index is 912. The van der Waals surface area contributed by atoms with Gasteiger partial charge in [0.15, 0.2) is 5.16 Å².